The van der Waals surface area contributed by atoms with E-state index >= 15 is 0 Å². The van der Waals surface area contributed by atoms with Crippen LogP contribution >= 0.6 is 11.8 Å². The summed E-state index contributed by atoms with van der Waals surface area (Å²) in [7, 11) is 1.64. The van der Waals surface area contributed by atoms with Gasteiger partial charge in [0.2, 0.25) is 5.91 Å². The van der Waals surface area contributed by atoms with E-state index in [4.69, 9.17) is 4.74 Å². The molecule has 3 aromatic carbocycles. The van der Waals surface area contributed by atoms with Gasteiger partial charge in [0.1, 0.15) is 11.1 Å². The van der Waals surface area contributed by atoms with Gasteiger partial charge in [0.05, 0.1) is 18.9 Å². The van der Waals surface area contributed by atoms with E-state index in [0.717, 1.165) is 29.7 Å². The standard InChI is InChI=1S/C28H30N2O3S/c1-3-25(21-13-15-24(33-2)16-14-21)29-27(32)22-9-11-23(12-10-22)28-30(26(31)19-34-28)18-17-20-7-5-4-6-8-20/h4-16,25,28H,3,17-19H2,1-2H3,(H,29,32)/t25-,28-/m0/s1. The summed E-state index contributed by atoms with van der Waals surface area (Å²) in [4.78, 5) is 27.4. The zero-order valence-electron chi connectivity index (χ0n) is 19.6. The minimum absolute atomic E-state index is 0.0176. The Hall–Kier alpha value is -3.25. The molecule has 0 aliphatic carbocycles. The van der Waals surface area contributed by atoms with Gasteiger partial charge in [-0.25, -0.2) is 0 Å². The molecule has 5 nitrogen and oxygen atoms in total. The maximum atomic E-state index is 12.9. The van der Waals surface area contributed by atoms with E-state index < -0.39 is 0 Å². The van der Waals surface area contributed by atoms with E-state index in [1.54, 1.807) is 18.9 Å². The first kappa shape index (κ1) is 23.9. The fourth-order valence-corrected chi connectivity index (χ4v) is 5.38. The van der Waals surface area contributed by atoms with E-state index in [1.165, 1.54) is 5.56 Å². The predicted molar refractivity (Wildman–Crippen MR) is 137 cm³/mol. The van der Waals surface area contributed by atoms with Gasteiger partial charge in [-0.2, -0.15) is 0 Å². The lowest BCUT2D eigenvalue weighted by molar-refractivity contribution is -0.128. The molecular formula is C28H30N2O3S. The molecule has 34 heavy (non-hydrogen) atoms. The van der Waals surface area contributed by atoms with E-state index in [9.17, 15) is 9.59 Å². The summed E-state index contributed by atoms with van der Waals surface area (Å²) in [5.74, 6) is 1.34. The van der Waals surface area contributed by atoms with Crippen molar-refractivity contribution in [2.45, 2.75) is 31.2 Å². The van der Waals surface area contributed by atoms with Crippen LogP contribution < -0.4 is 10.1 Å². The monoisotopic (exact) mass is 474 g/mol. The SMILES string of the molecule is CC[C@H](NC(=O)c1ccc([C@@H]2SCC(=O)N2CCc2ccccc2)cc1)c1ccc(OC)cc1. The molecule has 6 heteroatoms. The maximum absolute atomic E-state index is 12.9. The molecule has 0 bridgehead atoms. The van der Waals surface area contributed by atoms with Gasteiger partial charge < -0.3 is 15.0 Å². The van der Waals surface area contributed by atoms with Crippen LogP contribution in [0.1, 0.15) is 51.8 Å². The Labute approximate surface area is 205 Å². The van der Waals surface area contributed by atoms with Crippen molar-refractivity contribution in [3.63, 3.8) is 0 Å². The second kappa shape index (κ2) is 11.3. The second-order valence-electron chi connectivity index (χ2n) is 8.32. The van der Waals surface area contributed by atoms with Crippen molar-refractivity contribution in [2.75, 3.05) is 19.4 Å². The van der Waals surface area contributed by atoms with Crippen LogP contribution in [-0.4, -0.2) is 36.1 Å². The molecule has 0 aromatic heterocycles. The first-order valence-corrected chi connectivity index (χ1v) is 12.6. The van der Waals surface area contributed by atoms with Crippen molar-refractivity contribution >= 4 is 23.6 Å². The molecule has 2 amide bonds. The van der Waals surface area contributed by atoms with Gasteiger partial charge in [-0.3, -0.25) is 9.59 Å². The van der Waals surface area contributed by atoms with Crippen LogP contribution in [0.5, 0.6) is 5.75 Å². The number of hydrogen-bond acceptors (Lipinski definition) is 4. The fourth-order valence-electron chi connectivity index (χ4n) is 4.16. The molecule has 0 radical (unpaired) electrons. The van der Waals surface area contributed by atoms with Gasteiger partial charge >= 0.3 is 0 Å². The highest BCUT2D eigenvalue weighted by Gasteiger charge is 2.32. The average Bonchev–Trinajstić information content (AvgIpc) is 3.26. The van der Waals surface area contributed by atoms with Gasteiger partial charge in [-0.15, -0.1) is 11.8 Å². The van der Waals surface area contributed by atoms with Crippen LogP contribution in [-0.2, 0) is 11.2 Å². The zero-order chi connectivity index (χ0) is 23.9. The van der Waals surface area contributed by atoms with Gasteiger partial charge in [0.15, 0.2) is 0 Å². The third kappa shape index (κ3) is 5.62. The molecule has 0 unspecified atom stereocenters. The molecule has 3 aromatic rings. The molecule has 1 fully saturated rings. The van der Waals surface area contributed by atoms with Crippen molar-refractivity contribution in [3.05, 3.63) is 101 Å². The summed E-state index contributed by atoms with van der Waals surface area (Å²) >= 11 is 1.64. The second-order valence-corrected chi connectivity index (χ2v) is 9.38. The Kier molecular flexibility index (Phi) is 7.91. The molecule has 1 heterocycles. The summed E-state index contributed by atoms with van der Waals surface area (Å²) < 4.78 is 5.22. The number of carbonyl (C=O) groups excluding carboxylic acids is 2. The third-order valence-corrected chi connectivity index (χ3v) is 7.40. The highest BCUT2D eigenvalue weighted by molar-refractivity contribution is 8.00. The van der Waals surface area contributed by atoms with Crippen molar-refractivity contribution < 1.29 is 14.3 Å². The number of thioether (sulfide) groups is 1. The number of nitrogens with one attached hydrogen (secondary N) is 1. The lowest BCUT2D eigenvalue weighted by Gasteiger charge is -2.24. The molecule has 4 rings (SSSR count). The van der Waals surface area contributed by atoms with Gasteiger partial charge in [0.25, 0.3) is 5.91 Å². The van der Waals surface area contributed by atoms with E-state index in [1.807, 2.05) is 71.6 Å². The first-order chi connectivity index (χ1) is 16.6. The Balaban J connectivity index is 1.40. The number of ether oxygens (including phenoxy) is 1. The lowest BCUT2D eigenvalue weighted by atomic mass is 10.0. The van der Waals surface area contributed by atoms with Gasteiger partial charge in [-0.1, -0.05) is 61.5 Å². The normalized spacial score (nSPS) is 16.4. The molecule has 0 saturated carbocycles. The number of carbonyl (C=O) groups is 2. The number of amides is 2. The van der Waals surface area contributed by atoms with Crippen LogP contribution in [0.4, 0.5) is 0 Å². The number of benzene rings is 3. The first-order valence-electron chi connectivity index (χ1n) is 11.6. The fraction of sp³-hybridized carbons (Fsp3) is 0.286. The molecule has 176 valence electrons. The summed E-state index contributed by atoms with van der Waals surface area (Å²) in [6.45, 7) is 2.74. The third-order valence-electron chi connectivity index (χ3n) is 6.14. The van der Waals surface area contributed by atoms with Crippen LogP contribution in [0.25, 0.3) is 0 Å². The van der Waals surface area contributed by atoms with Crippen LogP contribution in [0.2, 0.25) is 0 Å². The predicted octanol–water partition coefficient (Wildman–Crippen LogP) is 5.39. The van der Waals surface area contributed by atoms with Crippen molar-refractivity contribution in [1.29, 1.82) is 0 Å². The van der Waals surface area contributed by atoms with E-state index in [-0.39, 0.29) is 23.2 Å². The molecule has 1 saturated heterocycles. The number of nitrogens with zero attached hydrogens (tertiary/aromatic N) is 1. The molecule has 0 spiro atoms. The highest BCUT2D eigenvalue weighted by Crippen LogP contribution is 2.38. The number of methoxy groups -OCH3 is 1. The van der Waals surface area contributed by atoms with E-state index in [2.05, 4.69) is 24.4 Å². The van der Waals surface area contributed by atoms with Crippen LogP contribution in [0.3, 0.4) is 0 Å². The van der Waals surface area contributed by atoms with Gasteiger partial charge in [0, 0.05) is 12.1 Å². The largest absolute Gasteiger partial charge is 0.497 e. The zero-order valence-corrected chi connectivity index (χ0v) is 20.4. The number of rotatable bonds is 9. The Morgan fingerprint density at radius 2 is 1.76 bits per heavy atom. The Bertz CT molecular complexity index is 1100. The lowest BCUT2D eigenvalue weighted by Crippen LogP contribution is -2.30. The molecule has 1 N–H and O–H groups in total. The molecular weight excluding hydrogens is 444 g/mol. The summed E-state index contributed by atoms with van der Waals surface area (Å²) in [6, 6.07) is 25.6. The van der Waals surface area contributed by atoms with Crippen molar-refractivity contribution in [2.24, 2.45) is 0 Å². The minimum atomic E-state index is -0.106. The highest BCUT2D eigenvalue weighted by atomic mass is 32.2. The summed E-state index contributed by atoms with van der Waals surface area (Å²) in [6.07, 6.45) is 1.61. The molecule has 2 atom stereocenters. The number of hydrogen-bond donors (Lipinski definition) is 1. The molecule has 1 aliphatic heterocycles. The summed E-state index contributed by atoms with van der Waals surface area (Å²) in [5.41, 5.74) is 3.92. The quantitative estimate of drug-likeness (QED) is 0.452. The van der Waals surface area contributed by atoms with Gasteiger partial charge in [-0.05, 0) is 53.8 Å². The van der Waals surface area contributed by atoms with Crippen molar-refractivity contribution in [1.82, 2.24) is 10.2 Å². The Morgan fingerprint density at radius 1 is 1.06 bits per heavy atom. The van der Waals surface area contributed by atoms with Crippen LogP contribution in [0, 0.1) is 0 Å². The smallest absolute Gasteiger partial charge is 0.251 e. The topological polar surface area (TPSA) is 58.6 Å². The summed E-state index contributed by atoms with van der Waals surface area (Å²) in [5, 5.41) is 3.11. The minimum Gasteiger partial charge on any atom is -0.497 e. The van der Waals surface area contributed by atoms with E-state index in [0.29, 0.717) is 17.9 Å². The van der Waals surface area contributed by atoms with Crippen LogP contribution in [0.15, 0.2) is 78.9 Å². The average molecular weight is 475 g/mol. The molecule has 1 aliphatic rings. The Morgan fingerprint density at radius 3 is 2.41 bits per heavy atom. The van der Waals surface area contributed by atoms with Crippen molar-refractivity contribution in [3.8, 4) is 5.75 Å². The maximum Gasteiger partial charge on any atom is 0.251 e.